The molecule has 15 aromatic carbocycles. The topological polar surface area (TPSA) is 47.6 Å². The van der Waals surface area contributed by atoms with E-state index in [0.29, 0.717) is 73.1 Å². The number of benzene rings is 15. The second-order valence-corrected chi connectivity index (χ2v) is 39.8. The number of para-hydroxylation sites is 8. The third-order valence-corrected chi connectivity index (χ3v) is 25.8. The van der Waals surface area contributed by atoms with Crippen LogP contribution in [-0.4, -0.2) is 20.4 Å². The molecule has 22 rings (SSSR count). The molecule has 8 heteroatoms. The van der Waals surface area contributed by atoms with Crippen molar-refractivity contribution in [3.8, 4) is 39.3 Å². The molecule has 598 valence electrons. The van der Waals surface area contributed by atoms with Crippen molar-refractivity contribution in [2.45, 2.75) is 157 Å². The molecule has 0 fully saturated rings. The Morgan fingerprint density at radius 2 is 0.557 bits per heavy atom. The Balaban J connectivity index is 0.940. The van der Waals surface area contributed by atoms with Crippen molar-refractivity contribution in [3.05, 3.63) is 324 Å². The SMILES string of the molecule is [2H]c1c([2H])c([2H])c2c(c1[2H])c1c([2H])c([2H])c([2H])c([2H])c1n2-c1ccc2c(c1)N(c1cccc3c1oc1c(-c4cc(C(C)(C)C)cc(C(C)(C)C)c4)cccc13)c1cc(-n3c4ccc(C(C)(C)C)cc4c4cc(C(C)(C)C)ccc43)cc3c1B2c1ccc(-n2c4c([2H])c([2H])c([2H])c([2H])c4c4c([2H])c([2H])c([2H])c([2H])c42)cc1N3c1cccc2c1oc1c(-c3cc(C(C)(C)C)cc(C(C)(C)C)c3)cccc12. The second-order valence-electron chi connectivity index (χ2n) is 39.8. The van der Waals surface area contributed by atoms with E-state index in [0.717, 1.165) is 104 Å². The first-order valence-electron chi connectivity index (χ1n) is 50.3. The van der Waals surface area contributed by atoms with Crippen molar-refractivity contribution in [3.63, 3.8) is 0 Å². The van der Waals surface area contributed by atoms with Crippen LogP contribution < -0.4 is 26.2 Å². The molecule has 0 radical (unpaired) electrons. The molecule has 0 saturated heterocycles. The summed E-state index contributed by atoms with van der Waals surface area (Å²) in [6.07, 6.45) is 0. The Morgan fingerprint density at radius 1 is 0.246 bits per heavy atom. The summed E-state index contributed by atoms with van der Waals surface area (Å²) in [5.74, 6) is 0. The molecular weight excluding hydrogens is 1480 g/mol. The molecule has 0 bridgehead atoms. The summed E-state index contributed by atoms with van der Waals surface area (Å²) in [5.41, 5.74) is 19.6. The monoisotopic (exact) mass is 1600 g/mol. The van der Waals surface area contributed by atoms with Crippen molar-refractivity contribution in [1.82, 2.24) is 13.7 Å². The third kappa shape index (κ3) is 11.5. The van der Waals surface area contributed by atoms with Gasteiger partial charge in [0.05, 0.1) is 72.1 Å². The van der Waals surface area contributed by atoms with Gasteiger partial charge in [-0.15, -0.1) is 0 Å². The van der Waals surface area contributed by atoms with Gasteiger partial charge in [0.2, 0.25) is 0 Å². The predicted octanol–water partition coefficient (Wildman–Crippen LogP) is 30.0. The fraction of sp³-hybridized carbons (Fsp3) is 0.211. The summed E-state index contributed by atoms with van der Waals surface area (Å²) in [7, 11) is 0. The van der Waals surface area contributed by atoms with Crippen LogP contribution in [0, 0.1) is 0 Å². The summed E-state index contributed by atoms with van der Waals surface area (Å²) in [6.45, 7) is 39.2. The van der Waals surface area contributed by atoms with E-state index in [-0.39, 0.29) is 87.5 Å². The van der Waals surface area contributed by atoms with Crippen molar-refractivity contribution in [2.75, 3.05) is 9.80 Å². The van der Waals surface area contributed by atoms with Crippen molar-refractivity contribution in [2.24, 2.45) is 0 Å². The van der Waals surface area contributed by atoms with Gasteiger partial charge < -0.3 is 32.3 Å². The Kier molecular flexibility index (Phi) is 12.8. The Labute approximate surface area is 737 Å². The maximum Gasteiger partial charge on any atom is 0.252 e. The molecular formula is C114H102BN5O2. The van der Waals surface area contributed by atoms with Crippen LogP contribution in [0.4, 0.5) is 34.1 Å². The molecule has 2 aliphatic heterocycles. The predicted molar refractivity (Wildman–Crippen MR) is 521 cm³/mol. The first-order valence-corrected chi connectivity index (χ1v) is 42.3. The van der Waals surface area contributed by atoms with Crippen LogP contribution in [0.15, 0.2) is 300 Å². The van der Waals surface area contributed by atoms with Crippen LogP contribution in [0.1, 0.15) is 180 Å². The van der Waals surface area contributed by atoms with Gasteiger partial charge in [-0.3, -0.25) is 0 Å². The maximum absolute atomic E-state index is 10.0. The summed E-state index contributed by atoms with van der Waals surface area (Å²) >= 11 is 0. The van der Waals surface area contributed by atoms with Crippen molar-refractivity contribution < 1.29 is 30.8 Å². The van der Waals surface area contributed by atoms with Gasteiger partial charge in [0.1, 0.15) is 11.2 Å². The number of hydrogen-bond acceptors (Lipinski definition) is 4. The average molecular weight is 1600 g/mol. The van der Waals surface area contributed by atoms with Gasteiger partial charge in [0.25, 0.3) is 6.71 Å². The van der Waals surface area contributed by atoms with Crippen LogP contribution >= 0.6 is 0 Å². The molecule has 0 aliphatic carbocycles. The average Bonchev–Trinajstić information content (AvgIpc) is 0.958. The first kappa shape index (κ1) is 59.6. The number of furan rings is 2. The Hall–Kier alpha value is -13.0. The van der Waals surface area contributed by atoms with E-state index in [2.05, 4.69) is 285 Å². The number of fused-ring (bicyclic) bond motifs is 19. The number of nitrogens with zero attached hydrogens (tertiary/aromatic N) is 5. The molecule has 0 atom stereocenters. The molecule has 5 aromatic heterocycles. The van der Waals surface area contributed by atoms with E-state index in [4.69, 9.17) is 8.83 Å². The smallest absolute Gasteiger partial charge is 0.252 e. The lowest BCUT2D eigenvalue weighted by Gasteiger charge is -2.44. The van der Waals surface area contributed by atoms with Crippen LogP contribution in [0.3, 0.4) is 0 Å². The first-order chi connectivity index (χ1) is 64.9. The number of anilines is 6. The molecule has 0 N–H and O–H groups in total. The minimum atomic E-state index is -0.853. The Bertz CT molecular complexity index is 8170. The van der Waals surface area contributed by atoms with Gasteiger partial charge in [0, 0.05) is 99.1 Å². The molecule has 7 nitrogen and oxygen atoms in total. The summed E-state index contributed by atoms with van der Waals surface area (Å²) in [6, 6.07) is 59.7. The van der Waals surface area contributed by atoms with Gasteiger partial charge in [-0.05, 0) is 190 Å². The normalized spacial score (nSPS) is 15.4. The van der Waals surface area contributed by atoms with Crippen LogP contribution in [0.5, 0.6) is 0 Å². The van der Waals surface area contributed by atoms with Gasteiger partial charge >= 0.3 is 0 Å². The third-order valence-electron chi connectivity index (χ3n) is 25.8. The lowest BCUT2D eigenvalue weighted by Crippen LogP contribution is -2.61. The number of hydrogen-bond donors (Lipinski definition) is 0. The lowest BCUT2D eigenvalue weighted by atomic mass is 9.33. The van der Waals surface area contributed by atoms with E-state index in [1.807, 2.05) is 48.5 Å². The highest BCUT2D eigenvalue weighted by Crippen LogP contribution is 2.54. The molecule has 0 unspecified atom stereocenters. The number of rotatable bonds is 7. The largest absolute Gasteiger partial charge is 0.453 e. The lowest BCUT2D eigenvalue weighted by molar-refractivity contribution is 0.568. The summed E-state index contributed by atoms with van der Waals surface area (Å²) < 4.78 is 175. The van der Waals surface area contributed by atoms with Gasteiger partial charge in [-0.1, -0.05) is 318 Å². The standard InChI is InChI=1S/C114H102BN5O2/c1-109(2,3)69-47-53-96-88(61-69)89-62-70(110(4,5)6)48-54-97(89)118(96)77-65-102-104-103(66-77)120(99-46-30-40-87-85-38-28-36-79(106(85)122-108(87)99)68-57-73(113(13,14)15)60-74(58-68)114(16,17)18)101-64-76(117-94-43-25-21-33-82(94)83-34-22-26-44-95(83)117)50-52-91(101)115(104)90-51-49-75(116-92-41-23-19-31-80(92)81-32-20-24-42-93(81)116)63-100(90)119(102)98-45-29-39-86-84-37-27-35-78(105(84)121-107(86)98)67-55-71(111(7,8)9)59-72(56-67)112(10,11)12/h19-66H,1-18H3/i19D,20D,21D,22D,23D,24D,25D,26D,31D,32D,33D,34D,41D,42D,43D,44D. The highest BCUT2D eigenvalue weighted by molar-refractivity contribution is 7.00. The van der Waals surface area contributed by atoms with Gasteiger partial charge in [-0.25, -0.2) is 0 Å². The van der Waals surface area contributed by atoms with Crippen LogP contribution in [0.25, 0.3) is 149 Å². The van der Waals surface area contributed by atoms with E-state index in [1.54, 1.807) is 9.13 Å². The fourth-order valence-corrected chi connectivity index (χ4v) is 19.2. The maximum atomic E-state index is 10.0. The summed E-state index contributed by atoms with van der Waals surface area (Å²) in [5, 5.41) is 4.90. The highest BCUT2D eigenvalue weighted by Gasteiger charge is 2.46. The van der Waals surface area contributed by atoms with Crippen molar-refractivity contribution >= 4 is 167 Å². The van der Waals surface area contributed by atoms with E-state index < -0.39 is 103 Å². The van der Waals surface area contributed by atoms with E-state index in [9.17, 15) is 21.9 Å². The van der Waals surface area contributed by atoms with Gasteiger partial charge in [0.15, 0.2) is 11.2 Å². The van der Waals surface area contributed by atoms with Crippen molar-refractivity contribution in [1.29, 1.82) is 0 Å². The highest BCUT2D eigenvalue weighted by atomic mass is 16.3. The number of aromatic nitrogens is 3. The minimum absolute atomic E-state index is 0.0751. The molecule has 2 aliphatic rings. The Morgan fingerprint density at radius 3 is 0.902 bits per heavy atom. The molecule has 0 amide bonds. The fourth-order valence-electron chi connectivity index (χ4n) is 19.2. The minimum Gasteiger partial charge on any atom is -0.453 e. The zero-order valence-corrected chi connectivity index (χ0v) is 72.1. The van der Waals surface area contributed by atoms with E-state index in [1.165, 1.54) is 0 Å². The molecule has 7 heterocycles. The second kappa shape index (κ2) is 26.2. The molecule has 20 aromatic rings. The summed E-state index contributed by atoms with van der Waals surface area (Å²) in [4.78, 5) is 4.45. The zero-order valence-electron chi connectivity index (χ0n) is 88.1. The molecule has 0 saturated carbocycles. The van der Waals surface area contributed by atoms with E-state index >= 15 is 0 Å². The zero-order chi connectivity index (χ0) is 98.0. The molecule has 122 heavy (non-hydrogen) atoms. The van der Waals surface area contributed by atoms with Crippen LogP contribution in [0.2, 0.25) is 0 Å². The van der Waals surface area contributed by atoms with Gasteiger partial charge in [-0.2, -0.15) is 0 Å². The quantitative estimate of drug-likeness (QED) is 0.149. The van der Waals surface area contributed by atoms with Crippen LogP contribution in [-0.2, 0) is 32.5 Å². The molecule has 0 spiro atoms.